The van der Waals surface area contributed by atoms with E-state index in [2.05, 4.69) is 15.0 Å². The van der Waals surface area contributed by atoms with Crippen molar-refractivity contribution >= 4 is 17.5 Å². The van der Waals surface area contributed by atoms with Crippen molar-refractivity contribution in [2.45, 2.75) is 18.3 Å². The molecule has 1 aliphatic carbocycles. The molecule has 0 atom stereocenters. The van der Waals surface area contributed by atoms with Gasteiger partial charge in [-0.1, -0.05) is 17.7 Å². The number of primary amides is 1. The van der Waals surface area contributed by atoms with Gasteiger partial charge in [-0.25, -0.2) is 4.98 Å². The number of amides is 1. The highest BCUT2D eigenvalue weighted by molar-refractivity contribution is 6.33. The Kier molecular flexibility index (Phi) is 3.69. The Bertz CT molecular complexity index is 957. The van der Waals surface area contributed by atoms with Gasteiger partial charge < -0.3 is 5.73 Å². The number of halogens is 1. The van der Waals surface area contributed by atoms with Crippen LogP contribution in [-0.2, 0) is 10.2 Å². The number of rotatable bonds is 4. The number of carbonyl (C=O) groups excluding carboxylic acids is 1. The first-order valence-corrected chi connectivity index (χ1v) is 8.18. The molecular weight excluding hydrogens is 338 g/mol. The Balaban J connectivity index is 1.94. The minimum atomic E-state index is -0.711. The highest BCUT2D eigenvalue weighted by Gasteiger charge is 2.52. The monoisotopic (exact) mass is 351 g/mol. The van der Waals surface area contributed by atoms with Crippen LogP contribution in [0.5, 0.6) is 0 Å². The van der Waals surface area contributed by atoms with Crippen molar-refractivity contribution in [3.8, 4) is 22.6 Å². The third-order valence-electron chi connectivity index (χ3n) is 4.42. The molecule has 0 aliphatic heterocycles. The summed E-state index contributed by atoms with van der Waals surface area (Å²) in [5.41, 5.74) is 7.96. The van der Waals surface area contributed by atoms with E-state index >= 15 is 0 Å². The molecule has 1 fully saturated rings. The highest BCUT2D eigenvalue weighted by atomic mass is 35.5. The van der Waals surface area contributed by atoms with Crippen molar-refractivity contribution in [1.82, 2.24) is 19.9 Å². The highest BCUT2D eigenvalue weighted by Crippen LogP contribution is 2.47. The molecule has 3 aromatic rings. The van der Waals surface area contributed by atoms with Crippen molar-refractivity contribution in [2.24, 2.45) is 5.73 Å². The molecule has 1 amide bonds. The number of pyridine rings is 2. The summed E-state index contributed by atoms with van der Waals surface area (Å²) in [5, 5.41) is 0.470. The molecule has 0 saturated heterocycles. The van der Waals surface area contributed by atoms with E-state index in [1.807, 2.05) is 18.2 Å². The zero-order valence-corrected chi connectivity index (χ0v) is 13.9. The molecule has 3 heterocycles. The Morgan fingerprint density at radius 2 is 1.92 bits per heavy atom. The Hall–Kier alpha value is -2.86. The van der Waals surface area contributed by atoms with Gasteiger partial charge in [0.05, 0.1) is 33.7 Å². The SMILES string of the molecule is NC(=O)C1(c2cnc(-c3ccncc3Cl)c(-c3ccccn3)n2)CC1. The van der Waals surface area contributed by atoms with Crippen LogP contribution >= 0.6 is 11.6 Å². The molecule has 0 aromatic carbocycles. The van der Waals surface area contributed by atoms with E-state index in [0.29, 0.717) is 46.2 Å². The summed E-state index contributed by atoms with van der Waals surface area (Å²) >= 11 is 6.29. The first-order chi connectivity index (χ1) is 12.1. The second-order valence-electron chi connectivity index (χ2n) is 5.97. The van der Waals surface area contributed by atoms with Gasteiger partial charge in [-0.2, -0.15) is 0 Å². The summed E-state index contributed by atoms with van der Waals surface area (Å²) in [6, 6.07) is 7.32. The molecule has 0 bridgehead atoms. The van der Waals surface area contributed by atoms with Gasteiger partial charge in [-0.15, -0.1) is 0 Å². The lowest BCUT2D eigenvalue weighted by Crippen LogP contribution is -2.29. The average Bonchev–Trinajstić information content (AvgIpc) is 3.45. The standard InChI is InChI=1S/C18H14ClN5O/c19-12-9-21-8-4-11(12)15-16(13-3-1-2-7-22-13)24-14(10-23-15)18(5-6-18)17(20)25/h1-4,7-10H,5-6H2,(H2,20,25). The smallest absolute Gasteiger partial charge is 0.229 e. The third-order valence-corrected chi connectivity index (χ3v) is 4.72. The molecule has 1 saturated carbocycles. The van der Waals surface area contributed by atoms with Gasteiger partial charge in [-0.3, -0.25) is 19.7 Å². The molecule has 1 aliphatic rings. The summed E-state index contributed by atoms with van der Waals surface area (Å²) in [5.74, 6) is -0.372. The fourth-order valence-corrected chi connectivity index (χ4v) is 3.03. The van der Waals surface area contributed by atoms with Gasteiger partial charge in [-0.05, 0) is 31.0 Å². The van der Waals surface area contributed by atoms with Crippen LogP contribution in [0.3, 0.4) is 0 Å². The number of aromatic nitrogens is 4. The molecule has 0 unspecified atom stereocenters. The van der Waals surface area contributed by atoms with E-state index < -0.39 is 5.41 Å². The van der Waals surface area contributed by atoms with Gasteiger partial charge in [0.1, 0.15) is 5.69 Å². The van der Waals surface area contributed by atoms with Crippen molar-refractivity contribution in [3.05, 3.63) is 59.8 Å². The first-order valence-electron chi connectivity index (χ1n) is 7.80. The quantitative estimate of drug-likeness (QED) is 0.779. The lowest BCUT2D eigenvalue weighted by atomic mass is 10.0. The molecule has 25 heavy (non-hydrogen) atoms. The van der Waals surface area contributed by atoms with Crippen molar-refractivity contribution < 1.29 is 4.79 Å². The van der Waals surface area contributed by atoms with Crippen LogP contribution in [0.1, 0.15) is 18.5 Å². The Morgan fingerprint density at radius 3 is 2.56 bits per heavy atom. The first kappa shape index (κ1) is 15.7. The fourth-order valence-electron chi connectivity index (χ4n) is 2.82. The maximum atomic E-state index is 11.9. The predicted molar refractivity (Wildman–Crippen MR) is 93.6 cm³/mol. The second kappa shape index (κ2) is 5.89. The fraction of sp³-hybridized carbons (Fsp3) is 0.167. The van der Waals surface area contributed by atoms with Gasteiger partial charge in [0.2, 0.25) is 5.91 Å². The normalized spacial score (nSPS) is 14.9. The summed E-state index contributed by atoms with van der Waals surface area (Å²) in [6.45, 7) is 0. The largest absolute Gasteiger partial charge is 0.369 e. The predicted octanol–water partition coefficient (Wildman–Crippen LogP) is 2.77. The lowest BCUT2D eigenvalue weighted by molar-refractivity contribution is -0.120. The van der Waals surface area contributed by atoms with Crippen molar-refractivity contribution in [3.63, 3.8) is 0 Å². The second-order valence-corrected chi connectivity index (χ2v) is 6.38. The molecule has 0 spiro atoms. The van der Waals surface area contributed by atoms with Gasteiger partial charge in [0, 0.05) is 24.2 Å². The van der Waals surface area contributed by atoms with Crippen LogP contribution in [0.2, 0.25) is 5.02 Å². The van der Waals surface area contributed by atoms with Crippen molar-refractivity contribution in [1.29, 1.82) is 0 Å². The van der Waals surface area contributed by atoms with Gasteiger partial charge in [0.25, 0.3) is 0 Å². The van der Waals surface area contributed by atoms with E-state index in [-0.39, 0.29) is 5.91 Å². The maximum Gasteiger partial charge on any atom is 0.229 e. The molecule has 2 N–H and O–H groups in total. The minimum Gasteiger partial charge on any atom is -0.369 e. The van der Waals surface area contributed by atoms with Crippen LogP contribution in [-0.4, -0.2) is 25.8 Å². The number of nitrogens with zero attached hydrogens (tertiary/aromatic N) is 4. The maximum absolute atomic E-state index is 11.9. The summed E-state index contributed by atoms with van der Waals surface area (Å²) < 4.78 is 0. The van der Waals surface area contributed by atoms with E-state index in [1.165, 1.54) is 0 Å². The van der Waals surface area contributed by atoms with E-state index in [0.717, 1.165) is 0 Å². The third kappa shape index (κ3) is 2.64. The lowest BCUT2D eigenvalue weighted by Gasteiger charge is -2.14. The van der Waals surface area contributed by atoms with E-state index in [1.54, 1.807) is 30.9 Å². The number of hydrogen-bond acceptors (Lipinski definition) is 5. The summed E-state index contributed by atoms with van der Waals surface area (Å²) in [7, 11) is 0. The minimum absolute atomic E-state index is 0.372. The number of hydrogen-bond donors (Lipinski definition) is 1. The molecule has 0 radical (unpaired) electrons. The molecule has 3 aromatic heterocycles. The zero-order valence-electron chi connectivity index (χ0n) is 13.2. The zero-order chi connectivity index (χ0) is 17.4. The van der Waals surface area contributed by atoms with Crippen LogP contribution < -0.4 is 5.73 Å². The number of nitrogens with two attached hydrogens (primary N) is 1. The van der Waals surface area contributed by atoms with Crippen LogP contribution in [0.15, 0.2) is 49.1 Å². The topological polar surface area (TPSA) is 94.7 Å². The summed E-state index contributed by atoms with van der Waals surface area (Å²) in [6.07, 6.45) is 7.87. The van der Waals surface area contributed by atoms with E-state index in [9.17, 15) is 4.79 Å². The summed E-state index contributed by atoms with van der Waals surface area (Å²) in [4.78, 5) is 29.5. The molecule has 4 rings (SSSR count). The number of carbonyl (C=O) groups is 1. The Labute approximate surface area is 149 Å². The molecule has 6 nitrogen and oxygen atoms in total. The Morgan fingerprint density at radius 1 is 1.08 bits per heavy atom. The van der Waals surface area contributed by atoms with Gasteiger partial charge >= 0.3 is 0 Å². The van der Waals surface area contributed by atoms with Gasteiger partial charge in [0.15, 0.2) is 0 Å². The van der Waals surface area contributed by atoms with Crippen LogP contribution in [0, 0.1) is 0 Å². The average molecular weight is 352 g/mol. The van der Waals surface area contributed by atoms with Crippen LogP contribution in [0.25, 0.3) is 22.6 Å². The van der Waals surface area contributed by atoms with Crippen LogP contribution in [0.4, 0.5) is 0 Å². The molecule has 7 heteroatoms. The van der Waals surface area contributed by atoms with E-state index in [4.69, 9.17) is 22.3 Å². The molecular formula is C18H14ClN5O. The molecule has 124 valence electrons. The van der Waals surface area contributed by atoms with Crippen molar-refractivity contribution in [2.75, 3.05) is 0 Å².